The van der Waals surface area contributed by atoms with E-state index in [1.165, 1.54) is 0 Å². The van der Waals surface area contributed by atoms with E-state index in [2.05, 4.69) is 9.88 Å². The first-order valence-electron chi connectivity index (χ1n) is 11.9. The van der Waals surface area contributed by atoms with Gasteiger partial charge in [0.15, 0.2) is 0 Å². The second-order valence-corrected chi connectivity index (χ2v) is 11.0. The zero-order valence-electron chi connectivity index (χ0n) is 19.8. The number of carboxylic acids is 1. The summed E-state index contributed by atoms with van der Waals surface area (Å²) >= 11 is 14.5. The van der Waals surface area contributed by atoms with E-state index < -0.39 is 11.4 Å². The van der Waals surface area contributed by atoms with Gasteiger partial charge in [-0.05, 0) is 81.1 Å². The van der Waals surface area contributed by atoms with Crippen molar-refractivity contribution >= 4 is 51.8 Å². The van der Waals surface area contributed by atoms with Crippen LogP contribution in [0.1, 0.15) is 31.2 Å². The van der Waals surface area contributed by atoms with E-state index in [0.717, 1.165) is 63.9 Å². The molecule has 3 aromatic rings. The van der Waals surface area contributed by atoms with E-state index in [9.17, 15) is 9.90 Å². The molecule has 2 heterocycles. The Kier molecular flexibility index (Phi) is 8.82. The number of likely N-dealkylation sites (tertiary alicyclic amines) is 1. The topological polar surface area (TPSA) is 62.7 Å². The Morgan fingerprint density at radius 2 is 1.94 bits per heavy atom. The number of rotatable bonds is 10. The van der Waals surface area contributed by atoms with Crippen LogP contribution >= 0.6 is 35.0 Å². The van der Waals surface area contributed by atoms with Crippen LogP contribution in [-0.2, 0) is 11.2 Å². The molecule has 0 atom stereocenters. The summed E-state index contributed by atoms with van der Waals surface area (Å²) in [5, 5.41) is 12.5. The van der Waals surface area contributed by atoms with E-state index >= 15 is 0 Å². The Bertz CT molecular complexity index is 1180. The van der Waals surface area contributed by atoms with Crippen molar-refractivity contribution in [1.82, 2.24) is 9.88 Å². The lowest BCUT2D eigenvalue weighted by Crippen LogP contribution is -2.45. The molecule has 0 spiro atoms. The number of hydrogen-bond donors (Lipinski definition) is 1. The molecule has 2 aromatic carbocycles. The number of hydrogen-bond acceptors (Lipinski definition) is 5. The molecule has 0 amide bonds. The van der Waals surface area contributed by atoms with E-state index in [-0.39, 0.29) is 0 Å². The van der Waals surface area contributed by atoms with Crippen LogP contribution in [-0.4, -0.2) is 53.5 Å². The van der Waals surface area contributed by atoms with Gasteiger partial charge in [0.2, 0.25) is 0 Å². The Balaban J connectivity index is 1.33. The highest BCUT2D eigenvalue weighted by Crippen LogP contribution is 2.38. The van der Waals surface area contributed by atoms with Crippen LogP contribution in [0.3, 0.4) is 0 Å². The summed E-state index contributed by atoms with van der Waals surface area (Å²) in [7, 11) is 1.64. The van der Waals surface area contributed by atoms with Gasteiger partial charge in [-0.15, -0.1) is 11.8 Å². The number of carboxylic acid groups (broad SMARTS) is 1. The van der Waals surface area contributed by atoms with Gasteiger partial charge in [-0.1, -0.05) is 35.3 Å². The van der Waals surface area contributed by atoms with Crippen molar-refractivity contribution in [3.05, 3.63) is 64.3 Å². The highest BCUT2D eigenvalue weighted by molar-refractivity contribution is 7.99. The number of fused-ring (bicyclic) bond motifs is 1. The average Bonchev–Trinajstić information content (AvgIpc) is 2.87. The number of pyridine rings is 1. The van der Waals surface area contributed by atoms with Gasteiger partial charge in [0.25, 0.3) is 0 Å². The molecule has 8 heteroatoms. The maximum atomic E-state index is 12.3. The molecule has 0 radical (unpaired) electrons. The lowest BCUT2D eigenvalue weighted by molar-refractivity contribution is -0.152. The van der Waals surface area contributed by atoms with E-state index in [4.69, 9.17) is 27.9 Å². The zero-order valence-corrected chi connectivity index (χ0v) is 22.1. The fourth-order valence-electron chi connectivity index (χ4n) is 4.81. The summed E-state index contributed by atoms with van der Waals surface area (Å²) in [5.74, 6) is 1.00. The molecule has 0 unspecified atom stereocenters. The number of carbonyl (C=O) groups is 1. The maximum absolute atomic E-state index is 12.3. The third kappa shape index (κ3) is 6.23. The number of ether oxygens (including phenoxy) is 1. The highest BCUT2D eigenvalue weighted by atomic mass is 35.5. The van der Waals surface area contributed by atoms with E-state index in [1.54, 1.807) is 25.1 Å². The molecule has 35 heavy (non-hydrogen) atoms. The minimum atomic E-state index is -0.685. The quantitative estimate of drug-likeness (QED) is 0.288. The first-order chi connectivity index (χ1) is 16.9. The molecule has 186 valence electrons. The molecule has 1 aliphatic heterocycles. The van der Waals surface area contributed by atoms with Gasteiger partial charge in [-0.2, -0.15) is 0 Å². The number of thioether (sulfide) groups is 1. The van der Waals surface area contributed by atoms with Crippen LogP contribution in [0.2, 0.25) is 10.0 Å². The summed E-state index contributed by atoms with van der Waals surface area (Å²) in [6.45, 7) is 2.52. The molecule has 5 nitrogen and oxygen atoms in total. The summed E-state index contributed by atoms with van der Waals surface area (Å²) in [6.07, 6.45) is 5.10. The van der Waals surface area contributed by atoms with Crippen LogP contribution in [0.5, 0.6) is 5.75 Å². The van der Waals surface area contributed by atoms with Crippen molar-refractivity contribution in [1.29, 1.82) is 0 Å². The van der Waals surface area contributed by atoms with Crippen LogP contribution < -0.4 is 4.74 Å². The monoisotopic (exact) mass is 532 g/mol. The largest absolute Gasteiger partial charge is 0.497 e. The first-order valence-corrected chi connectivity index (χ1v) is 13.6. The molecule has 0 saturated carbocycles. The number of benzene rings is 2. The summed E-state index contributed by atoms with van der Waals surface area (Å²) in [5.41, 5.74) is 1.19. The molecule has 4 rings (SSSR count). The smallest absolute Gasteiger partial charge is 0.309 e. The molecular weight excluding hydrogens is 503 g/mol. The minimum absolute atomic E-state index is 0.612. The average molecular weight is 534 g/mol. The molecule has 1 N–H and O–H groups in total. The van der Waals surface area contributed by atoms with Crippen molar-refractivity contribution in [2.75, 3.05) is 32.5 Å². The van der Waals surface area contributed by atoms with Gasteiger partial charge in [-0.25, -0.2) is 0 Å². The minimum Gasteiger partial charge on any atom is -0.497 e. The third-order valence-electron chi connectivity index (χ3n) is 6.98. The van der Waals surface area contributed by atoms with Crippen molar-refractivity contribution in [2.24, 2.45) is 5.41 Å². The van der Waals surface area contributed by atoms with Crippen molar-refractivity contribution in [2.45, 2.75) is 37.0 Å². The molecule has 1 aliphatic rings. The van der Waals surface area contributed by atoms with Gasteiger partial charge >= 0.3 is 5.97 Å². The number of aromatic nitrogens is 1. The van der Waals surface area contributed by atoms with E-state index in [1.807, 2.05) is 42.5 Å². The summed E-state index contributed by atoms with van der Waals surface area (Å²) in [4.78, 5) is 20.2. The lowest BCUT2D eigenvalue weighted by Gasteiger charge is -2.39. The molecule has 1 saturated heterocycles. The Morgan fingerprint density at radius 3 is 2.66 bits per heavy atom. The lowest BCUT2D eigenvalue weighted by atomic mass is 9.74. The van der Waals surface area contributed by atoms with Crippen molar-refractivity contribution < 1.29 is 14.6 Å². The number of methoxy groups -OCH3 is 1. The predicted molar refractivity (Wildman–Crippen MR) is 144 cm³/mol. The number of nitrogens with zero attached hydrogens (tertiary/aromatic N) is 2. The molecule has 0 aliphatic carbocycles. The second-order valence-electron chi connectivity index (χ2n) is 9.03. The third-order valence-corrected chi connectivity index (χ3v) is 8.81. The first kappa shape index (κ1) is 26.1. The van der Waals surface area contributed by atoms with Gasteiger partial charge in [0.05, 0.1) is 28.1 Å². The van der Waals surface area contributed by atoms with Gasteiger partial charge < -0.3 is 14.7 Å². The van der Waals surface area contributed by atoms with Crippen molar-refractivity contribution in [3.63, 3.8) is 0 Å². The zero-order chi connectivity index (χ0) is 24.8. The highest BCUT2D eigenvalue weighted by Gasteiger charge is 2.40. The van der Waals surface area contributed by atoms with Crippen LogP contribution in [0.4, 0.5) is 0 Å². The number of halogens is 2. The van der Waals surface area contributed by atoms with Crippen LogP contribution in [0.25, 0.3) is 10.9 Å². The van der Waals surface area contributed by atoms with Gasteiger partial charge in [0.1, 0.15) is 5.75 Å². The van der Waals surface area contributed by atoms with E-state index in [0.29, 0.717) is 30.7 Å². The Hall–Kier alpha value is -1.99. The van der Waals surface area contributed by atoms with Gasteiger partial charge in [0, 0.05) is 28.8 Å². The molecule has 1 aromatic heterocycles. The molecule has 1 fully saturated rings. The second kappa shape index (κ2) is 11.8. The Morgan fingerprint density at radius 1 is 1.17 bits per heavy atom. The predicted octanol–water partition coefficient (Wildman–Crippen LogP) is 6.83. The maximum Gasteiger partial charge on any atom is 0.309 e. The summed E-state index contributed by atoms with van der Waals surface area (Å²) in [6, 6.07) is 13.6. The number of aliphatic carboxylic acids is 1. The van der Waals surface area contributed by atoms with Crippen LogP contribution in [0.15, 0.2) is 53.6 Å². The summed E-state index contributed by atoms with van der Waals surface area (Å²) < 4.78 is 5.37. The molecule has 0 bridgehead atoms. The Labute approximate surface area is 220 Å². The number of piperidine rings is 1. The SMILES string of the molecule is COc1ccc2ncc(Cl)c(CCCC3(C(=O)O)CCN(CCSc4ccccc4Cl)CC3)c2c1. The van der Waals surface area contributed by atoms with Gasteiger partial charge in [-0.3, -0.25) is 9.78 Å². The fraction of sp³-hybridized carbons (Fsp3) is 0.407. The molecular formula is C27H30Cl2N2O3S. The number of aryl methyl sites for hydroxylation is 1. The van der Waals surface area contributed by atoms with Crippen LogP contribution in [0, 0.1) is 5.41 Å². The standard InChI is InChI=1S/C27H30Cl2N2O3S/c1-34-19-8-9-24-21(17-19)20(23(29)18-30-24)5-4-10-27(26(32)33)11-13-31(14-12-27)15-16-35-25-7-3-2-6-22(25)28/h2-3,6-9,17-18H,4-5,10-16H2,1H3,(H,32,33). The normalized spacial score (nSPS) is 15.9. The van der Waals surface area contributed by atoms with Crippen molar-refractivity contribution in [3.8, 4) is 5.75 Å². The fourth-order valence-corrected chi connectivity index (χ4v) is 6.30.